The topological polar surface area (TPSA) is 23.1 Å². The summed E-state index contributed by atoms with van der Waals surface area (Å²) in [7, 11) is 0. The van der Waals surface area contributed by atoms with Crippen LogP contribution >= 0.6 is 0 Å². The van der Waals surface area contributed by atoms with E-state index in [1.165, 1.54) is 0 Å². The third kappa shape index (κ3) is 1.98. The van der Waals surface area contributed by atoms with Crippen molar-refractivity contribution >= 4 is 0 Å². The van der Waals surface area contributed by atoms with Crippen LogP contribution < -0.4 is 5.11 Å². The highest BCUT2D eigenvalue weighted by Gasteiger charge is 2.14. The zero-order valence-electron chi connectivity index (χ0n) is 6.90. The molecule has 9 heavy (non-hydrogen) atoms. The molecular formula is C8H17O-. The van der Waals surface area contributed by atoms with Crippen LogP contribution in [0, 0.1) is 5.92 Å². The Kier molecular flexibility index (Phi) is 3.20. The molecule has 0 unspecified atom stereocenters. The van der Waals surface area contributed by atoms with Crippen LogP contribution in [0.2, 0.25) is 0 Å². The Morgan fingerprint density at radius 3 is 1.56 bits per heavy atom. The van der Waals surface area contributed by atoms with Crippen LogP contribution in [0.15, 0.2) is 0 Å². The summed E-state index contributed by atoms with van der Waals surface area (Å²) in [4.78, 5) is 0. The lowest BCUT2D eigenvalue weighted by Crippen LogP contribution is -2.47. The molecule has 0 aromatic carbocycles. The quantitative estimate of drug-likeness (QED) is 0.567. The summed E-state index contributed by atoms with van der Waals surface area (Å²) in [5, 5.41) is 11.5. The number of hydrogen-bond acceptors (Lipinski definition) is 1. The number of rotatable bonds is 3. The minimum absolute atomic E-state index is 0.271. The van der Waals surface area contributed by atoms with Gasteiger partial charge in [-0.25, -0.2) is 0 Å². The Morgan fingerprint density at radius 2 is 1.56 bits per heavy atom. The average molecular weight is 129 g/mol. The highest BCUT2D eigenvalue weighted by Crippen LogP contribution is 2.20. The number of hydrogen-bond donors (Lipinski definition) is 0. The van der Waals surface area contributed by atoms with Gasteiger partial charge in [0.2, 0.25) is 0 Å². The lowest BCUT2D eigenvalue weighted by molar-refractivity contribution is -0.492. The predicted molar refractivity (Wildman–Crippen MR) is 38.2 cm³/mol. The molecule has 56 valence electrons. The molecule has 1 nitrogen and oxygen atoms in total. The Hall–Kier alpha value is -0.0400. The Bertz CT molecular complexity index is 72.6. The van der Waals surface area contributed by atoms with Crippen LogP contribution in [0.3, 0.4) is 0 Å². The van der Waals surface area contributed by atoms with Crippen molar-refractivity contribution in [2.24, 2.45) is 5.92 Å². The smallest absolute Gasteiger partial charge is 0.0568 e. The average Bonchev–Trinajstić information content (AvgIpc) is 1.86. The normalized spacial score (nSPS) is 12.7. The second-order valence-electron chi connectivity index (χ2n) is 2.93. The fourth-order valence-electron chi connectivity index (χ4n) is 1.07. The third-order valence-electron chi connectivity index (χ3n) is 2.25. The van der Waals surface area contributed by atoms with E-state index in [1.807, 2.05) is 27.7 Å². The molecule has 0 radical (unpaired) electrons. The summed E-state index contributed by atoms with van der Waals surface area (Å²) in [5.74, 6) is 0.271. The summed E-state index contributed by atoms with van der Waals surface area (Å²) >= 11 is 0. The molecule has 0 aliphatic rings. The Balaban J connectivity index is 3.92. The second kappa shape index (κ2) is 3.21. The third-order valence-corrected chi connectivity index (χ3v) is 2.25. The minimum atomic E-state index is -0.667. The van der Waals surface area contributed by atoms with Crippen LogP contribution in [-0.4, -0.2) is 5.60 Å². The van der Waals surface area contributed by atoms with Gasteiger partial charge in [0.25, 0.3) is 0 Å². The van der Waals surface area contributed by atoms with Crippen LogP contribution in [-0.2, 0) is 0 Å². The summed E-state index contributed by atoms with van der Waals surface area (Å²) in [6.07, 6.45) is 1.50. The van der Waals surface area contributed by atoms with Gasteiger partial charge in [-0.15, -0.1) is 5.60 Å². The molecular weight excluding hydrogens is 112 g/mol. The van der Waals surface area contributed by atoms with Crippen molar-refractivity contribution < 1.29 is 5.11 Å². The summed E-state index contributed by atoms with van der Waals surface area (Å²) < 4.78 is 0. The van der Waals surface area contributed by atoms with E-state index in [4.69, 9.17) is 0 Å². The van der Waals surface area contributed by atoms with Gasteiger partial charge < -0.3 is 5.11 Å². The summed E-state index contributed by atoms with van der Waals surface area (Å²) in [6.45, 7) is 7.94. The van der Waals surface area contributed by atoms with Gasteiger partial charge in [0.05, 0.1) is 0 Å². The molecule has 0 rings (SSSR count). The van der Waals surface area contributed by atoms with E-state index in [0.29, 0.717) is 0 Å². The zero-order valence-corrected chi connectivity index (χ0v) is 6.90. The van der Waals surface area contributed by atoms with E-state index in [0.717, 1.165) is 12.8 Å². The summed E-state index contributed by atoms with van der Waals surface area (Å²) in [5.41, 5.74) is -0.667. The van der Waals surface area contributed by atoms with Gasteiger partial charge in [-0.2, -0.15) is 0 Å². The van der Waals surface area contributed by atoms with Crippen molar-refractivity contribution in [3.05, 3.63) is 0 Å². The molecule has 1 heteroatoms. The fourth-order valence-corrected chi connectivity index (χ4v) is 1.07. The van der Waals surface area contributed by atoms with Crippen molar-refractivity contribution in [2.75, 3.05) is 0 Å². The van der Waals surface area contributed by atoms with Gasteiger partial charge in [0.15, 0.2) is 0 Å². The van der Waals surface area contributed by atoms with Gasteiger partial charge in [-0.1, -0.05) is 46.5 Å². The van der Waals surface area contributed by atoms with Crippen molar-refractivity contribution in [2.45, 2.75) is 46.1 Å². The first-order valence-corrected chi connectivity index (χ1v) is 3.77. The van der Waals surface area contributed by atoms with E-state index in [-0.39, 0.29) is 5.92 Å². The van der Waals surface area contributed by atoms with E-state index in [1.54, 1.807) is 0 Å². The molecule has 0 N–H and O–H groups in total. The largest absolute Gasteiger partial charge is 0.849 e. The molecule has 0 spiro atoms. The highest BCUT2D eigenvalue weighted by molar-refractivity contribution is 4.75. The molecule has 0 bridgehead atoms. The summed E-state index contributed by atoms with van der Waals surface area (Å²) in [6, 6.07) is 0. The molecule has 0 heterocycles. The Labute approximate surface area is 58.1 Å². The van der Waals surface area contributed by atoms with Crippen LogP contribution in [0.25, 0.3) is 0 Å². The minimum Gasteiger partial charge on any atom is -0.849 e. The molecule has 0 aliphatic carbocycles. The molecule has 0 aromatic heterocycles. The van der Waals surface area contributed by atoms with Gasteiger partial charge in [-0.05, 0) is 0 Å². The van der Waals surface area contributed by atoms with E-state index >= 15 is 0 Å². The van der Waals surface area contributed by atoms with Crippen molar-refractivity contribution in [1.82, 2.24) is 0 Å². The van der Waals surface area contributed by atoms with Crippen LogP contribution in [0.5, 0.6) is 0 Å². The zero-order chi connectivity index (χ0) is 7.49. The van der Waals surface area contributed by atoms with Crippen molar-refractivity contribution in [1.29, 1.82) is 0 Å². The van der Waals surface area contributed by atoms with E-state index in [2.05, 4.69) is 0 Å². The highest BCUT2D eigenvalue weighted by atomic mass is 16.3. The van der Waals surface area contributed by atoms with Gasteiger partial charge in [-0.3, -0.25) is 0 Å². The second-order valence-corrected chi connectivity index (χ2v) is 2.93. The molecule has 0 fully saturated rings. The van der Waals surface area contributed by atoms with Crippen molar-refractivity contribution in [3.8, 4) is 0 Å². The maximum absolute atomic E-state index is 11.5. The van der Waals surface area contributed by atoms with Crippen molar-refractivity contribution in [3.63, 3.8) is 0 Å². The van der Waals surface area contributed by atoms with Gasteiger partial charge >= 0.3 is 0 Å². The molecule has 0 aromatic rings. The van der Waals surface area contributed by atoms with Crippen LogP contribution in [0.1, 0.15) is 40.5 Å². The first-order valence-electron chi connectivity index (χ1n) is 3.77. The van der Waals surface area contributed by atoms with Gasteiger partial charge in [0, 0.05) is 0 Å². The monoisotopic (exact) mass is 129 g/mol. The molecule has 0 saturated carbocycles. The lowest BCUT2D eigenvalue weighted by Gasteiger charge is -2.43. The van der Waals surface area contributed by atoms with E-state index < -0.39 is 5.60 Å². The van der Waals surface area contributed by atoms with Gasteiger partial charge in [0.1, 0.15) is 0 Å². The molecule has 0 atom stereocenters. The maximum Gasteiger partial charge on any atom is -0.0568 e. The maximum atomic E-state index is 11.5. The first kappa shape index (κ1) is 8.96. The SMILES string of the molecule is CCC([O-])(CC)C(C)C. The molecule has 0 aliphatic heterocycles. The van der Waals surface area contributed by atoms with Crippen LogP contribution in [0.4, 0.5) is 0 Å². The standard InChI is InChI=1S/C8H17O/c1-5-8(9,6-2)7(3)4/h7H,5-6H2,1-4H3/q-1. The molecule has 0 amide bonds. The predicted octanol–water partition coefficient (Wildman–Crippen LogP) is 1.56. The first-order chi connectivity index (χ1) is 4.06. The fraction of sp³-hybridized carbons (Fsp3) is 1.00. The lowest BCUT2D eigenvalue weighted by atomic mass is 9.86. The van der Waals surface area contributed by atoms with E-state index in [9.17, 15) is 5.11 Å². The Morgan fingerprint density at radius 1 is 1.22 bits per heavy atom. The molecule has 0 saturated heterocycles.